The molecule has 0 atom stereocenters. The average Bonchev–Trinajstić information content (AvgIpc) is 2.34. The van der Waals surface area contributed by atoms with Crippen LogP contribution >= 0.6 is 11.6 Å². The van der Waals surface area contributed by atoms with Crippen molar-refractivity contribution < 1.29 is 0 Å². The molecule has 0 fully saturated rings. The molecule has 6 heteroatoms. The Labute approximate surface area is 107 Å². The topological polar surface area (TPSA) is 78.7 Å². The Morgan fingerprint density at radius 3 is 2.78 bits per heavy atom. The summed E-state index contributed by atoms with van der Waals surface area (Å²) >= 11 is 6.10. The summed E-state index contributed by atoms with van der Waals surface area (Å²) in [6.07, 6.45) is 1.18. The predicted molar refractivity (Wildman–Crippen MR) is 67.1 cm³/mol. The van der Waals surface area contributed by atoms with Crippen molar-refractivity contribution in [2.45, 2.75) is 6.92 Å². The molecule has 0 saturated carbocycles. The molecule has 2 aromatic rings. The molecule has 0 amide bonds. The first kappa shape index (κ1) is 12.1. The quantitative estimate of drug-likeness (QED) is 0.842. The van der Waals surface area contributed by atoms with Crippen LogP contribution in [-0.2, 0) is 0 Å². The third kappa shape index (κ3) is 1.94. The van der Waals surface area contributed by atoms with E-state index in [1.54, 1.807) is 31.2 Å². The summed E-state index contributed by atoms with van der Waals surface area (Å²) < 4.78 is 1.15. The molecule has 0 aliphatic rings. The van der Waals surface area contributed by atoms with Gasteiger partial charge in [-0.1, -0.05) is 23.7 Å². The van der Waals surface area contributed by atoms with Crippen molar-refractivity contribution in [2.75, 3.05) is 0 Å². The minimum atomic E-state index is -0.706. The molecule has 1 heterocycles. The van der Waals surface area contributed by atoms with Gasteiger partial charge in [-0.15, -0.1) is 0 Å². The van der Waals surface area contributed by atoms with E-state index in [-0.39, 0.29) is 5.56 Å². The summed E-state index contributed by atoms with van der Waals surface area (Å²) in [5, 5.41) is 9.18. The molecule has 0 aliphatic carbocycles. The first-order chi connectivity index (χ1) is 8.54. The smallest absolute Gasteiger partial charge is 0.273 e. The number of nitrogens with one attached hydrogen (secondary N) is 1. The van der Waals surface area contributed by atoms with E-state index in [9.17, 15) is 9.59 Å². The van der Waals surface area contributed by atoms with Gasteiger partial charge in [0, 0.05) is 6.20 Å². The van der Waals surface area contributed by atoms with Crippen LogP contribution in [0.4, 0.5) is 0 Å². The summed E-state index contributed by atoms with van der Waals surface area (Å²) in [5.41, 5.74) is -0.263. The Bertz CT molecular complexity index is 768. The van der Waals surface area contributed by atoms with Gasteiger partial charge >= 0.3 is 5.69 Å². The molecule has 5 nitrogen and oxygen atoms in total. The number of hydrogen-bond acceptors (Lipinski definition) is 3. The summed E-state index contributed by atoms with van der Waals surface area (Å²) in [7, 11) is 0. The predicted octanol–water partition coefficient (Wildman–Crippen LogP) is 1.36. The van der Waals surface area contributed by atoms with Gasteiger partial charge in [-0.2, -0.15) is 5.26 Å². The first-order valence-electron chi connectivity index (χ1n) is 5.06. The fraction of sp³-hybridized carbons (Fsp3) is 0.0833. The van der Waals surface area contributed by atoms with Crippen LogP contribution in [0.3, 0.4) is 0 Å². The zero-order chi connectivity index (χ0) is 13.3. The van der Waals surface area contributed by atoms with E-state index < -0.39 is 11.2 Å². The standard InChI is InChI=1S/C12H8ClN3O2/c1-7-3-2-4-9(10(7)13)16-6-8(5-14)11(17)15-12(16)18/h2-4,6H,1H3,(H,15,17,18). The molecule has 0 spiro atoms. The Kier molecular flexibility index (Phi) is 3.04. The van der Waals surface area contributed by atoms with Crippen molar-refractivity contribution in [3.8, 4) is 11.8 Å². The zero-order valence-electron chi connectivity index (χ0n) is 9.40. The minimum Gasteiger partial charge on any atom is -0.273 e. The Morgan fingerprint density at radius 1 is 1.39 bits per heavy atom. The highest BCUT2D eigenvalue weighted by Gasteiger charge is 2.09. The third-order valence-corrected chi connectivity index (χ3v) is 2.99. The van der Waals surface area contributed by atoms with Gasteiger partial charge in [-0.05, 0) is 18.6 Å². The molecule has 0 bridgehead atoms. The minimum absolute atomic E-state index is 0.146. The van der Waals surface area contributed by atoms with Gasteiger partial charge in [-0.25, -0.2) is 4.79 Å². The molecular weight excluding hydrogens is 254 g/mol. The summed E-state index contributed by atoms with van der Waals surface area (Å²) in [6, 6.07) is 6.89. The van der Waals surface area contributed by atoms with E-state index in [1.165, 1.54) is 6.20 Å². The van der Waals surface area contributed by atoms with E-state index in [1.807, 2.05) is 0 Å². The zero-order valence-corrected chi connectivity index (χ0v) is 10.2. The van der Waals surface area contributed by atoms with Crippen LogP contribution in [0.25, 0.3) is 5.69 Å². The molecule has 90 valence electrons. The fourth-order valence-corrected chi connectivity index (χ4v) is 1.76. The number of hydrogen-bond donors (Lipinski definition) is 1. The van der Waals surface area contributed by atoms with Crippen LogP contribution < -0.4 is 11.2 Å². The van der Waals surface area contributed by atoms with Gasteiger partial charge in [0.25, 0.3) is 5.56 Å². The number of halogens is 1. The molecule has 0 unspecified atom stereocenters. The molecule has 1 aromatic carbocycles. The van der Waals surface area contributed by atoms with E-state index in [2.05, 4.69) is 4.98 Å². The second-order valence-electron chi connectivity index (χ2n) is 3.69. The molecule has 2 rings (SSSR count). The van der Waals surface area contributed by atoms with Crippen LogP contribution in [0.15, 0.2) is 34.0 Å². The maximum Gasteiger partial charge on any atom is 0.333 e. The van der Waals surface area contributed by atoms with Crippen LogP contribution in [0.5, 0.6) is 0 Å². The molecule has 0 saturated heterocycles. The number of nitrogens with zero attached hydrogens (tertiary/aromatic N) is 2. The summed E-state index contributed by atoms with van der Waals surface area (Å²) in [6.45, 7) is 1.80. The van der Waals surface area contributed by atoms with Crippen LogP contribution in [0, 0.1) is 18.3 Å². The lowest BCUT2D eigenvalue weighted by Crippen LogP contribution is -2.30. The number of aryl methyl sites for hydroxylation is 1. The van der Waals surface area contributed by atoms with Crippen molar-refractivity contribution in [1.29, 1.82) is 5.26 Å². The van der Waals surface area contributed by atoms with E-state index >= 15 is 0 Å². The van der Waals surface area contributed by atoms with Gasteiger partial charge in [0.05, 0.1) is 10.7 Å². The number of aromatic amines is 1. The lowest BCUT2D eigenvalue weighted by atomic mass is 10.2. The number of aromatic nitrogens is 2. The van der Waals surface area contributed by atoms with Crippen molar-refractivity contribution >= 4 is 11.6 Å². The lowest BCUT2D eigenvalue weighted by molar-refractivity contribution is 0.888. The van der Waals surface area contributed by atoms with E-state index in [0.717, 1.165) is 10.1 Å². The summed E-state index contributed by atoms with van der Waals surface area (Å²) in [4.78, 5) is 25.1. The molecule has 1 N–H and O–H groups in total. The van der Waals surface area contributed by atoms with Crippen molar-refractivity contribution in [3.63, 3.8) is 0 Å². The van der Waals surface area contributed by atoms with Crippen LogP contribution in [0.1, 0.15) is 11.1 Å². The maximum absolute atomic E-state index is 11.7. The van der Waals surface area contributed by atoms with Gasteiger partial charge in [0.2, 0.25) is 0 Å². The van der Waals surface area contributed by atoms with Crippen LogP contribution in [0.2, 0.25) is 5.02 Å². The number of rotatable bonds is 1. The van der Waals surface area contributed by atoms with Crippen molar-refractivity contribution in [1.82, 2.24) is 9.55 Å². The Hall–Kier alpha value is -2.32. The lowest BCUT2D eigenvalue weighted by Gasteiger charge is -2.08. The molecule has 18 heavy (non-hydrogen) atoms. The Morgan fingerprint density at radius 2 is 2.11 bits per heavy atom. The van der Waals surface area contributed by atoms with Gasteiger partial charge in [0.1, 0.15) is 11.6 Å². The monoisotopic (exact) mass is 261 g/mol. The van der Waals surface area contributed by atoms with Crippen molar-refractivity contribution in [3.05, 3.63) is 61.4 Å². The largest absolute Gasteiger partial charge is 0.333 e. The SMILES string of the molecule is Cc1cccc(-n2cc(C#N)c(=O)[nH]c2=O)c1Cl. The number of H-pyrrole nitrogens is 1. The fourth-order valence-electron chi connectivity index (χ4n) is 1.55. The molecular formula is C12H8ClN3O2. The first-order valence-corrected chi connectivity index (χ1v) is 5.44. The normalized spacial score (nSPS) is 10.1. The van der Waals surface area contributed by atoms with E-state index in [4.69, 9.17) is 16.9 Å². The highest BCUT2D eigenvalue weighted by atomic mass is 35.5. The van der Waals surface area contributed by atoms with Gasteiger partial charge < -0.3 is 0 Å². The van der Waals surface area contributed by atoms with Gasteiger partial charge in [0.15, 0.2) is 0 Å². The molecule has 0 aliphatic heterocycles. The third-order valence-electron chi connectivity index (χ3n) is 2.49. The second-order valence-corrected chi connectivity index (χ2v) is 4.07. The molecule has 0 radical (unpaired) electrons. The average molecular weight is 262 g/mol. The molecule has 1 aromatic heterocycles. The maximum atomic E-state index is 11.7. The summed E-state index contributed by atoms with van der Waals surface area (Å²) in [5.74, 6) is 0. The van der Waals surface area contributed by atoms with Gasteiger partial charge in [-0.3, -0.25) is 14.3 Å². The highest BCUT2D eigenvalue weighted by Crippen LogP contribution is 2.22. The second kappa shape index (κ2) is 4.51. The number of nitriles is 1. The van der Waals surface area contributed by atoms with E-state index in [0.29, 0.717) is 10.7 Å². The Balaban J connectivity index is 2.81. The highest BCUT2D eigenvalue weighted by molar-refractivity contribution is 6.33. The van der Waals surface area contributed by atoms with Crippen LogP contribution in [-0.4, -0.2) is 9.55 Å². The number of benzene rings is 1. The van der Waals surface area contributed by atoms with Crippen molar-refractivity contribution in [2.24, 2.45) is 0 Å².